The molecule has 1 N–H and O–H groups in total. The molecule has 6 nitrogen and oxygen atoms in total. The first-order valence-electron chi connectivity index (χ1n) is 9.10. The van der Waals surface area contributed by atoms with Gasteiger partial charge >= 0.3 is 6.18 Å². The third kappa shape index (κ3) is 4.09. The zero-order chi connectivity index (χ0) is 23.0. The molecule has 1 amide bonds. The molecule has 0 saturated carbocycles. The van der Waals surface area contributed by atoms with E-state index < -0.39 is 17.7 Å². The van der Waals surface area contributed by atoms with Crippen molar-refractivity contribution in [1.29, 1.82) is 0 Å². The molecule has 0 aliphatic heterocycles. The van der Waals surface area contributed by atoms with Gasteiger partial charge in [0.2, 0.25) is 5.91 Å². The molecule has 0 fully saturated rings. The van der Waals surface area contributed by atoms with Crippen LogP contribution in [-0.4, -0.2) is 20.8 Å². The minimum atomic E-state index is -4.80. The van der Waals surface area contributed by atoms with Crippen molar-refractivity contribution in [3.8, 4) is 28.3 Å². The molecule has 0 spiro atoms. The molecular weight excluding hydrogens is 452 g/mol. The van der Waals surface area contributed by atoms with Gasteiger partial charge in [-0.2, -0.15) is 18.3 Å². The molecule has 0 bridgehead atoms. The van der Waals surface area contributed by atoms with Crippen LogP contribution in [0.2, 0.25) is 5.02 Å². The largest absolute Gasteiger partial charge is 0.434 e. The zero-order valence-corrected chi connectivity index (χ0v) is 17.0. The zero-order valence-electron chi connectivity index (χ0n) is 16.2. The Morgan fingerprint density at radius 3 is 2.50 bits per heavy atom. The monoisotopic (exact) mass is 464 g/mol. The van der Waals surface area contributed by atoms with Crippen molar-refractivity contribution < 1.29 is 26.9 Å². The van der Waals surface area contributed by atoms with Crippen molar-refractivity contribution >= 4 is 23.2 Å². The van der Waals surface area contributed by atoms with Crippen LogP contribution in [0.15, 0.2) is 59.3 Å². The van der Waals surface area contributed by atoms with Gasteiger partial charge in [-0.25, -0.2) is 9.07 Å². The Hall–Kier alpha value is -3.66. The summed E-state index contributed by atoms with van der Waals surface area (Å²) < 4.78 is 61.8. The predicted octanol–water partition coefficient (Wildman–Crippen LogP) is 5.96. The van der Waals surface area contributed by atoms with Crippen molar-refractivity contribution in [3.05, 3.63) is 71.3 Å². The van der Waals surface area contributed by atoms with E-state index in [-0.39, 0.29) is 39.2 Å². The standard InChI is InChI=1S/C21H13ClF4N4O2/c1-11(31)28-12-5-7-13(8-6-12)30-20(21(24,25)26)14(10-27-30)18-9-17(29-32-18)19-15(22)3-2-4-16(19)23/h2-10H,1H3,(H,28,31). The van der Waals surface area contributed by atoms with E-state index in [1.807, 2.05) is 0 Å². The number of nitrogens with zero attached hydrogens (tertiary/aromatic N) is 3. The number of amides is 1. The van der Waals surface area contributed by atoms with E-state index in [1.54, 1.807) is 0 Å². The van der Waals surface area contributed by atoms with Crippen molar-refractivity contribution in [2.45, 2.75) is 13.1 Å². The van der Waals surface area contributed by atoms with Gasteiger partial charge in [-0.15, -0.1) is 0 Å². The number of halogens is 5. The van der Waals surface area contributed by atoms with Gasteiger partial charge in [-0.1, -0.05) is 22.8 Å². The second-order valence-corrected chi connectivity index (χ2v) is 7.12. The van der Waals surface area contributed by atoms with E-state index in [4.69, 9.17) is 16.1 Å². The summed E-state index contributed by atoms with van der Waals surface area (Å²) in [7, 11) is 0. The average molecular weight is 465 g/mol. The highest BCUT2D eigenvalue weighted by Crippen LogP contribution is 2.40. The number of hydrogen-bond donors (Lipinski definition) is 1. The molecule has 0 saturated heterocycles. The van der Waals surface area contributed by atoms with Crippen molar-refractivity contribution in [1.82, 2.24) is 14.9 Å². The molecule has 164 valence electrons. The Balaban J connectivity index is 1.78. The van der Waals surface area contributed by atoms with Crippen LogP contribution >= 0.6 is 11.6 Å². The van der Waals surface area contributed by atoms with Crippen LogP contribution < -0.4 is 5.32 Å². The fourth-order valence-electron chi connectivity index (χ4n) is 3.15. The molecule has 11 heteroatoms. The maximum absolute atomic E-state index is 14.2. The van der Waals surface area contributed by atoms with E-state index in [2.05, 4.69) is 15.6 Å². The first-order chi connectivity index (χ1) is 15.1. The molecule has 32 heavy (non-hydrogen) atoms. The topological polar surface area (TPSA) is 73.0 Å². The number of anilines is 1. The highest BCUT2D eigenvalue weighted by Gasteiger charge is 2.40. The number of aromatic nitrogens is 3. The molecule has 2 aromatic heterocycles. The van der Waals surface area contributed by atoms with E-state index in [0.717, 1.165) is 12.3 Å². The fraction of sp³-hybridized carbons (Fsp3) is 0.0952. The summed E-state index contributed by atoms with van der Waals surface area (Å²) in [4.78, 5) is 11.1. The number of rotatable bonds is 4. The summed E-state index contributed by atoms with van der Waals surface area (Å²) in [6.45, 7) is 1.32. The van der Waals surface area contributed by atoms with Gasteiger partial charge in [-0.05, 0) is 36.4 Å². The van der Waals surface area contributed by atoms with Crippen LogP contribution in [0.1, 0.15) is 12.6 Å². The van der Waals surface area contributed by atoms with Gasteiger partial charge < -0.3 is 9.84 Å². The third-order valence-corrected chi connectivity index (χ3v) is 4.78. The normalized spacial score (nSPS) is 11.6. The molecule has 0 aliphatic carbocycles. The maximum Gasteiger partial charge on any atom is 0.434 e. The lowest BCUT2D eigenvalue weighted by atomic mass is 10.1. The second-order valence-electron chi connectivity index (χ2n) is 6.72. The summed E-state index contributed by atoms with van der Waals surface area (Å²) in [5.74, 6) is -1.26. The lowest BCUT2D eigenvalue weighted by Gasteiger charge is -2.12. The summed E-state index contributed by atoms with van der Waals surface area (Å²) in [5.41, 5.74) is -1.09. The maximum atomic E-state index is 14.2. The lowest BCUT2D eigenvalue weighted by Crippen LogP contribution is -2.14. The van der Waals surface area contributed by atoms with Gasteiger partial charge in [0, 0.05) is 18.7 Å². The molecule has 4 aromatic rings. The van der Waals surface area contributed by atoms with Crippen LogP contribution in [0, 0.1) is 5.82 Å². The minimum absolute atomic E-state index is 0.0378. The Labute approximate surface area is 183 Å². The van der Waals surface area contributed by atoms with Gasteiger partial charge in [0.1, 0.15) is 11.5 Å². The van der Waals surface area contributed by atoms with Gasteiger partial charge in [0.15, 0.2) is 11.5 Å². The van der Waals surface area contributed by atoms with E-state index in [0.29, 0.717) is 10.4 Å². The smallest absolute Gasteiger partial charge is 0.356 e. The third-order valence-electron chi connectivity index (χ3n) is 4.46. The van der Waals surface area contributed by atoms with Crippen molar-refractivity contribution in [2.24, 2.45) is 0 Å². The number of benzene rings is 2. The molecular formula is C21H13ClF4N4O2. The van der Waals surface area contributed by atoms with E-state index >= 15 is 0 Å². The van der Waals surface area contributed by atoms with E-state index in [9.17, 15) is 22.4 Å². The molecule has 4 rings (SSSR count). The minimum Gasteiger partial charge on any atom is -0.356 e. The molecule has 0 unspecified atom stereocenters. The van der Waals surface area contributed by atoms with Gasteiger partial charge in [0.05, 0.1) is 28.0 Å². The fourth-order valence-corrected chi connectivity index (χ4v) is 3.41. The molecule has 0 aliphatic rings. The highest BCUT2D eigenvalue weighted by molar-refractivity contribution is 6.33. The average Bonchev–Trinajstić information content (AvgIpc) is 3.35. The molecule has 0 radical (unpaired) electrons. The van der Waals surface area contributed by atoms with Crippen LogP contribution in [0.5, 0.6) is 0 Å². The molecule has 0 atom stereocenters. The SMILES string of the molecule is CC(=O)Nc1ccc(-n2ncc(-c3cc(-c4c(F)cccc4Cl)no3)c2C(F)(F)F)cc1. The summed E-state index contributed by atoms with van der Waals surface area (Å²) >= 11 is 6.01. The van der Waals surface area contributed by atoms with Gasteiger partial charge in [0.25, 0.3) is 0 Å². The Bertz CT molecular complexity index is 1280. The summed E-state index contributed by atoms with van der Waals surface area (Å²) in [5, 5.41) is 10.1. The Morgan fingerprint density at radius 1 is 1.16 bits per heavy atom. The Kier molecular flexibility index (Phi) is 5.47. The van der Waals surface area contributed by atoms with Crippen molar-refractivity contribution in [2.75, 3.05) is 5.32 Å². The van der Waals surface area contributed by atoms with Crippen LogP contribution in [0.3, 0.4) is 0 Å². The number of nitrogens with one attached hydrogen (secondary N) is 1. The predicted molar refractivity (Wildman–Crippen MR) is 109 cm³/mol. The second kappa shape index (κ2) is 8.12. The first-order valence-corrected chi connectivity index (χ1v) is 9.47. The molecule has 2 aromatic carbocycles. The number of carbonyl (C=O) groups is 1. The van der Waals surface area contributed by atoms with Gasteiger partial charge in [-0.3, -0.25) is 4.79 Å². The van der Waals surface area contributed by atoms with Crippen LogP contribution in [-0.2, 0) is 11.0 Å². The molecule has 2 heterocycles. The quantitative estimate of drug-likeness (QED) is 0.378. The first kappa shape index (κ1) is 21.6. The van der Waals surface area contributed by atoms with Crippen molar-refractivity contribution in [3.63, 3.8) is 0 Å². The number of alkyl halides is 3. The number of hydrogen-bond acceptors (Lipinski definition) is 4. The number of carbonyl (C=O) groups excluding carboxylic acids is 1. The summed E-state index contributed by atoms with van der Waals surface area (Å²) in [6.07, 6.45) is -3.82. The lowest BCUT2D eigenvalue weighted by molar-refractivity contribution is -0.142. The highest BCUT2D eigenvalue weighted by atomic mass is 35.5. The van der Waals surface area contributed by atoms with Crippen LogP contribution in [0.4, 0.5) is 23.2 Å². The summed E-state index contributed by atoms with van der Waals surface area (Å²) in [6, 6.07) is 10.8. The Morgan fingerprint density at radius 2 is 1.88 bits per heavy atom. The van der Waals surface area contributed by atoms with Crippen LogP contribution in [0.25, 0.3) is 28.3 Å². The van der Waals surface area contributed by atoms with E-state index in [1.165, 1.54) is 49.4 Å².